The fourth-order valence-electron chi connectivity index (χ4n) is 2.92. The van der Waals surface area contributed by atoms with Crippen molar-refractivity contribution in [1.29, 1.82) is 0 Å². The molecule has 1 atom stereocenters. The maximum Gasteiger partial charge on any atom is 0.305 e. The largest absolute Gasteiger partial charge is 0.481 e. The summed E-state index contributed by atoms with van der Waals surface area (Å²) in [6.07, 6.45) is 4.61. The van der Waals surface area contributed by atoms with Crippen molar-refractivity contribution in [1.82, 2.24) is 20.9 Å². The zero-order valence-corrected chi connectivity index (χ0v) is 17.1. The maximum atomic E-state index is 12.6. The van der Waals surface area contributed by atoms with Crippen molar-refractivity contribution >= 4 is 35.1 Å². The molecule has 1 unspecified atom stereocenters. The number of aryl methyl sites for hydroxylation is 1. The minimum atomic E-state index is -1.01. The molecule has 0 spiro atoms. The molecule has 0 bridgehead atoms. The summed E-state index contributed by atoms with van der Waals surface area (Å²) in [6.45, 7) is 1.50. The number of carbonyl (C=O) groups excluding carboxylic acids is 2. The van der Waals surface area contributed by atoms with Gasteiger partial charge in [-0.05, 0) is 36.6 Å². The van der Waals surface area contributed by atoms with Crippen LogP contribution in [0.4, 0.5) is 0 Å². The number of aliphatic carboxylic acids is 1. The minimum Gasteiger partial charge on any atom is -0.481 e. The molecule has 2 amide bonds. The zero-order valence-electron chi connectivity index (χ0n) is 16.3. The smallest absolute Gasteiger partial charge is 0.305 e. The van der Waals surface area contributed by atoms with Gasteiger partial charge in [0.05, 0.1) is 17.3 Å². The predicted octanol–water partition coefficient (Wildman–Crippen LogP) is 1.49. The number of thiophene rings is 1. The van der Waals surface area contributed by atoms with Gasteiger partial charge in [-0.15, -0.1) is 11.3 Å². The molecule has 0 saturated carbocycles. The highest BCUT2D eigenvalue weighted by molar-refractivity contribution is 7.14. The molecule has 9 nitrogen and oxygen atoms in total. The summed E-state index contributed by atoms with van der Waals surface area (Å²) in [6, 6.07) is 6.23. The third-order valence-electron chi connectivity index (χ3n) is 4.41. The average Bonchev–Trinajstić information content (AvgIpc) is 3.22. The normalized spacial score (nSPS) is 14.2. The summed E-state index contributed by atoms with van der Waals surface area (Å²) >= 11 is 1.28. The van der Waals surface area contributed by atoms with Crippen molar-refractivity contribution in [3.63, 3.8) is 0 Å². The number of nitrogens with zero attached hydrogens (tertiary/aromatic N) is 2. The van der Waals surface area contributed by atoms with E-state index in [2.05, 4.69) is 25.9 Å². The molecule has 158 valence electrons. The number of carbonyl (C=O) groups is 3. The Morgan fingerprint density at radius 1 is 1.27 bits per heavy atom. The standard InChI is InChI=1S/C20H23N5O4S/c26-17(25-20-22-9-2-10-23-20)7-5-14-4-6-16(30-14)19(29)24-15(11-18(27)28)13-3-1-8-21-12-13/h1,3-4,6,8,12,15H,2,5,7,9-11H2,(H,24,29)(H,27,28)(H2,22,23,25,26). The molecule has 2 aromatic rings. The Labute approximate surface area is 177 Å². The Morgan fingerprint density at radius 2 is 2.13 bits per heavy atom. The van der Waals surface area contributed by atoms with Crippen LogP contribution in [0.1, 0.15) is 45.4 Å². The van der Waals surface area contributed by atoms with Gasteiger partial charge in [0, 0.05) is 36.8 Å². The number of hydrogen-bond acceptors (Lipinski definition) is 7. The highest BCUT2D eigenvalue weighted by Gasteiger charge is 2.20. The van der Waals surface area contributed by atoms with E-state index in [1.165, 1.54) is 17.5 Å². The topological polar surface area (TPSA) is 133 Å². The first-order valence-corrected chi connectivity index (χ1v) is 10.4. The fraction of sp³-hybridized carbons (Fsp3) is 0.350. The predicted molar refractivity (Wildman–Crippen MR) is 112 cm³/mol. The highest BCUT2D eigenvalue weighted by Crippen LogP contribution is 2.21. The summed E-state index contributed by atoms with van der Waals surface area (Å²) < 4.78 is 0. The summed E-state index contributed by atoms with van der Waals surface area (Å²) in [7, 11) is 0. The van der Waals surface area contributed by atoms with Crippen LogP contribution >= 0.6 is 11.3 Å². The van der Waals surface area contributed by atoms with Gasteiger partial charge in [0.1, 0.15) is 0 Å². The maximum absolute atomic E-state index is 12.6. The molecule has 4 N–H and O–H groups in total. The Kier molecular flexibility index (Phi) is 7.50. The van der Waals surface area contributed by atoms with E-state index in [0.717, 1.165) is 17.8 Å². The Morgan fingerprint density at radius 3 is 2.83 bits per heavy atom. The van der Waals surface area contributed by atoms with E-state index in [1.807, 2.05) is 0 Å². The van der Waals surface area contributed by atoms with Crippen molar-refractivity contribution in [3.05, 3.63) is 52.0 Å². The van der Waals surface area contributed by atoms with Gasteiger partial charge in [0.25, 0.3) is 5.91 Å². The second kappa shape index (κ2) is 10.5. The molecule has 1 aliphatic rings. The Balaban J connectivity index is 1.55. The van der Waals surface area contributed by atoms with E-state index < -0.39 is 12.0 Å². The molecular weight excluding hydrogens is 406 g/mol. The molecule has 3 rings (SSSR count). The van der Waals surface area contributed by atoms with Gasteiger partial charge in [-0.25, -0.2) is 0 Å². The fourth-order valence-corrected chi connectivity index (χ4v) is 3.83. The van der Waals surface area contributed by atoms with Crippen LogP contribution in [0.15, 0.2) is 41.7 Å². The summed E-state index contributed by atoms with van der Waals surface area (Å²) in [4.78, 5) is 45.4. The average molecular weight is 430 g/mol. The molecule has 10 heteroatoms. The monoisotopic (exact) mass is 429 g/mol. The van der Waals surface area contributed by atoms with Crippen molar-refractivity contribution in [2.45, 2.75) is 31.7 Å². The van der Waals surface area contributed by atoms with E-state index in [1.54, 1.807) is 30.5 Å². The first kappa shape index (κ1) is 21.4. The summed E-state index contributed by atoms with van der Waals surface area (Å²) in [5, 5.41) is 17.7. The lowest BCUT2D eigenvalue weighted by Crippen LogP contribution is -2.43. The minimum absolute atomic E-state index is 0.138. The molecule has 30 heavy (non-hydrogen) atoms. The second-order valence-corrected chi connectivity index (χ2v) is 7.90. The lowest BCUT2D eigenvalue weighted by atomic mass is 10.1. The number of nitrogens with one attached hydrogen (secondary N) is 3. The Hall–Kier alpha value is -3.27. The van der Waals surface area contributed by atoms with E-state index in [9.17, 15) is 14.4 Å². The molecule has 0 aliphatic carbocycles. The van der Waals surface area contributed by atoms with Crippen molar-refractivity contribution < 1.29 is 19.5 Å². The first-order valence-electron chi connectivity index (χ1n) is 9.60. The van der Waals surface area contributed by atoms with Crippen molar-refractivity contribution in [3.8, 4) is 0 Å². The molecule has 1 aliphatic heterocycles. The molecular formula is C20H23N5O4S. The summed E-state index contributed by atoms with van der Waals surface area (Å²) in [5.74, 6) is -0.997. The summed E-state index contributed by atoms with van der Waals surface area (Å²) in [5.41, 5.74) is 0.626. The molecule has 0 radical (unpaired) electrons. The van der Waals surface area contributed by atoms with Crippen LogP contribution in [0.2, 0.25) is 0 Å². The lowest BCUT2D eigenvalue weighted by Gasteiger charge is -2.16. The number of guanidine groups is 1. The lowest BCUT2D eigenvalue weighted by molar-refractivity contribution is -0.137. The van der Waals surface area contributed by atoms with Crippen molar-refractivity contribution in [2.75, 3.05) is 13.1 Å². The van der Waals surface area contributed by atoms with Gasteiger partial charge < -0.3 is 15.7 Å². The van der Waals surface area contributed by atoms with Crippen molar-refractivity contribution in [2.24, 2.45) is 4.99 Å². The Bertz CT molecular complexity index is 928. The number of carboxylic acids is 1. The number of pyridine rings is 1. The number of aromatic nitrogens is 1. The zero-order chi connectivity index (χ0) is 21.3. The number of aliphatic imine (C=N–C) groups is 1. The molecule has 3 heterocycles. The van der Waals surface area contributed by atoms with Crippen LogP contribution in [-0.2, 0) is 16.0 Å². The first-order chi connectivity index (χ1) is 14.5. The van der Waals surface area contributed by atoms with Crippen LogP contribution in [0.25, 0.3) is 0 Å². The van der Waals surface area contributed by atoms with E-state index >= 15 is 0 Å². The van der Waals surface area contributed by atoms with Crippen LogP contribution in [-0.4, -0.2) is 46.9 Å². The van der Waals surface area contributed by atoms with Gasteiger partial charge in [0.2, 0.25) is 5.91 Å². The number of hydrogen-bond donors (Lipinski definition) is 4. The van der Waals surface area contributed by atoms with Crippen LogP contribution < -0.4 is 16.0 Å². The molecule has 0 aromatic carbocycles. The number of carboxylic acid groups (broad SMARTS) is 1. The van der Waals surface area contributed by atoms with E-state index in [4.69, 9.17) is 5.11 Å². The van der Waals surface area contributed by atoms with E-state index in [0.29, 0.717) is 29.4 Å². The SMILES string of the molecule is O=C(O)CC(NC(=O)c1ccc(CCC(=O)NC2=NCCCN2)s1)c1cccnc1. The van der Waals surface area contributed by atoms with Crippen LogP contribution in [0, 0.1) is 0 Å². The van der Waals surface area contributed by atoms with Crippen LogP contribution in [0.3, 0.4) is 0 Å². The third kappa shape index (κ3) is 6.38. The molecule has 0 fully saturated rings. The molecule has 2 aromatic heterocycles. The van der Waals surface area contributed by atoms with E-state index in [-0.39, 0.29) is 24.7 Å². The van der Waals surface area contributed by atoms with Gasteiger partial charge in [-0.3, -0.25) is 29.7 Å². The van der Waals surface area contributed by atoms with Crippen LogP contribution in [0.5, 0.6) is 0 Å². The number of rotatable bonds is 8. The molecule has 0 saturated heterocycles. The highest BCUT2D eigenvalue weighted by atomic mass is 32.1. The quantitative estimate of drug-likeness (QED) is 0.502. The third-order valence-corrected chi connectivity index (χ3v) is 5.55. The van der Waals surface area contributed by atoms with Gasteiger partial charge in [0.15, 0.2) is 5.96 Å². The number of amides is 2. The van der Waals surface area contributed by atoms with Gasteiger partial charge in [-0.2, -0.15) is 0 Å². The van der Waals surface area contributed by atoms with Gasteiger partial charge >= 0.3 is 5.97 Å². The second-order valence-electron chi connectivity index (χ2n) is 6.74. The van der Waals surface area contributed by atoms with Gasteiger partial charge in [-0.1, -0.05) is 6.07 Å².